The van der Waals surface area contributed by atoms with Crippen molar-refractivity contribution >= 4 is 0 Å². The monoisotopic (exact) mass is 261 g/mol. The highest BCUT2D eigenvalue weighted by molar-refractivity contribution is 5.32. The van der Waals surface area contributed by atoms with Crippen LogP contribution in [0.15, 0.2) is 24.3 Å². The normalized spacial score (nSPS) is 19.3. The maximum absolute atomic E-state index is 5.38. The summed E-state index contributed by atoms with van der Waals surface area (Å²) in [6.45, 7) is 5.56. The van der Waals surface area contributed by atoms with Gasteiger partial charge in [0.2, 0.25) is 0 Å². The Labute approximate surface area is 117 Å². The van der Waals surface area contributed by atoms with Crippen LogP contribution >= 0.6 is 0 Å². The summed E-state index contributed by atoms with van der Waals surface area (Å²) in [7, 11) is 1.74. The van der Waals surface area contributed by atoms with Crippen LogP contribution in [0.5, 0.6) is 5.75 Å². The van der Waals surface area contributed by atoms with Gasteiger partial charge in [0.15, 0.2) is 0 Å². The van der Waals surface area contributed by atoms with Crippen molar-refractivity contribution in [1.29, 1.82) is 0 Å². The van der Waals surface area contributed by atoms with Gasteiger partial charge in [-0.15, -0.1) is 0 Å². The van der Waals surface area contributed by atoms with Crippen molar-refractivity contribution in [2.24, 2.45) is 5.41 Å². The van der Waals surface area contributed by atoms with Crippen molar-refractivity contribution in [3.8, 4) is 5.75 Å². The Morgan fingerprint density at radius 2 is 2.00 bits per heavy atom. The minimum Gasteiger partial charge on any atom is -0.497 e. The van der Waals surface area contributed by atoms with Gasteiger partial charge in [0.1, 0.15) is 5.75 Å². The van der Waals surface area contributed by atoms with Gasteiger partial charge in [0.25, 0.3) is 0 Å². The summed E-state index contributed by atoms with van der Waals surface area (Å²) in [6.07, 6.45) is 6.69. The molecule has 0 spiro atoms. The Balaban J connectivity index is 2.32. The lowest BCUT2D eigenvalue weighted by atomic mass is 9.73. The summed E-state index contributed by atoms with van der Waals surface area (Å²) in [5.74, 6) is 0.963. The second kappa shape index (κ2) is 6.42. The topological polar surface area (TPSA) is 21.3 Å². The van der Waals surface area contributed by atoms with E-state index in [1.807, 2.05) is 6.07 Å². The molecule has 106 valence electrons. The van der Waals surface area contributed by atoms with Gasteiger partial charge in [-0.3, -0.25) is 0 Å². The zero-order valence-corrected chi connectivity index (χ0v) is 12.5. The molecule has 0 bridgehead atoms. The molecular formula is C17H27NO. The van der Waals surface area contributed by atoms with Crippen molar-refractivity contribution in [2.75, 3.05) is 13.7 Å². The fourth-order valence-corrected chi connectivity index (χ4v) is 3.64. The molecular weight excluding hydrogens is 234 g/mol. The van der Waals surface area contributed by atoms with E-state index in [0.717, 1.165) is 12.3 Å². The molecule has 19 heavy (non-hydrogen) atoms. The SMILES string of the molecule is CCNC(c1cccc(OC)c1)C1(CC)CCCC1. The third-order valence-electron chi connectivity index (χ3n) is 4.75. The third-order valence-corrected chi connectivity index (χ3v) is 4.75. The van der Waals surface area contributed by atoms with Crippen LogP contribution in [0.3, 0.4) is 0 Å². The fraction of sp³-hybridized carbons (Fsp3) is 0.647. The molecule has 1 fully saturated rings. The standard InChI is InChI=1S/C17H27NO/c1-4-17(11-6-7-12-17)16(18-5-2)14-9-8-10-15(13-14)19-3/h8-10,13,16,18H,4-7,11-12H2,1-3H3. The van der Waals surface area contributed by atoms with E-state index in [2.05, 4.69) is 37.4 Å². The number of hydrogen-bond acceptors (Lipinski definition) is 2. The van der Waals surface area contributed by atoms with Crippen LogP contribution < -0.4 is 10.1 Å². The Kier molecular flexibility index (Phi) is 4.87. The van der Waals surface area contributed by atoms with Crippen LogP contribution in [-0.4, -0.2) is 13.7 Å². The predicted molar refractivity (Wildman–Crippen MR) is 80.6 cm³/mol. The molecule has 1 aromatic rings. The van der Waals surface area contributed by atoms with Gasteiger partial charge >= 0.3 is 0 Å². The molecule has 2 nitrogen and oxygen atoms in total. The Hall–Kier alpha value is -1.02. The first-order chi connectivity index (χ1) is 9.25. The van der Waals surface area contributed by atoms with E-state index in [9.17, 15) is 0 Å². The molecule has 1 aliphatic carbocycles. The quantitative estimate of drug-likeness (QED) is 0.823. The smallest absolute Gasteiger partial charge is 0.119 e. The molecule has 1 aliphatic rings. The molecule has 0 amide bonds. The lowest BCUT2D eigenvalue weighted by Gasteiger charge is -2.38. The second-order valence-electron chi connectivity index (χ2n) is 5.69. The van der Waals surface area contributed by atoms with Crippen LogP contribution in [0.2, 0.25) is 0 Å². The molecule has 0 aromatic heterocycles. The molecule has 1 atom stereocenters. The predicted octanol–water partition coefficient (Wildman–Crippen LogP) is 4.32. The summed E-state index contributed by atoms with van der Waals surface area (Å²) in [5.41, 5.74) is 1.81. The Morgan fingerprint density at radius 1 is 1.26 bits per heavy atom. The first-order valence-corrected chi connectivity index (χ1v) is 7.63. The molecule has 1 aromatic carbocycles. The van der Waals surface area contributed by atoms with Gasteiger partial charge in [-0.2, -0.15) is 0 Å². The Morgan fingerprint density at radius 3 is 2.58 bits per heavy atom. The minimum atomic E-state index is 0.433. The maximum Gasteiger partial charge on any atom is 0.119 e. The molecule has 1 unspecified atom stereocenters. The van der Waals surface area contributed by atoms with Crippen molar-refractivity contribution in [1.82, 2.24) is 5.32 Å². The highest BCUT2D eigenvalue weighted by Crippen LogP contribution is 2.50. The Bertz CT molecular complexity index is 396. The molecule has 1 N–H and O–H groups in total. The average Bonchev–Trinajstić information content (AvgIpc) is 2.94. The minimum absolute atomic E-state index is 0.433. The number of methoxy groups -OCH3 is 1. The lowest BCUT2D eigenvalue weighted by Crippen LogP contribution is -2.36. The summed E-state index contributed by atoms with van der Waals surface area (Å²) in [4.78, 5) is 0. The van der Waals surface area contributed by atoms with Crippen LogP contribution in [0, 0.1) is 5.41 Å². The van der Waals surface area contributed by atoms with Gasteiger partial charge in [-0.1, -0.05) is 38.8 Å². The largest absolute Gasteiger partial charge is 0.497 e. The number of benzene rings is 1. The van der Waals surface area contributed by atoms with Gasteiger partial charge in [0.05, 0.1) is 7.11 Å². The maximum atomic E-state index is 5.38. The summed E-state index contributed by atoms with van der Waals surface area (Å²) in [5, 5.41) is 3.73. The van der Waals surface area contributed by atoms with E-state index in [-0.39, 0.29) is 0 Å². The van der Waals surface area contributed by atoms with Crippen LogP contribution in [0.25, 0.3) is 0 Å². The van der Waals surface area contributed by atoms with Crippen LogP contribution in [0.4, 0.5) is 0 Å². The summed E-state index contributed by atoms with van der Waals surface area (Å²) in [6, 6.07) is 9.03. The van der Waals surface area contributed by atoms with Crippen molar-refractivity contribution in [2.45, 2.75) is 52.0 Å². The molecule has 2 heteroatoms. The number of rotatable bonds is 6. The first kappa shape index (κ1) is 14.4. The van der Waals surface area contributed by atoms with E-state index in [4.69, 9.17) is 4.74 Å². The van der Waals surface area contributed by atoms with Crippen LogP contribution in [-0.2, 0) is 0 Å². The molecule has 2 rings (SSSR count). The summed E-state index contributed by atoms with van der Waals surface area (Å²) >= 11 is 0. The van der Waals surface area contributed by atoms with E-state index >= 15 is 0 Å². The van der Waals surface area contributed by atoms with E-state index in [1.165, 1.54) is 37.7 Å². The van der Waals surface area contributed by atoms with E-state index in [0.29, 0.717) is 11.5 Å². The van der Waals surface area contributed by atoms with E-state index < -0.39 is 0 Å². The highest BCUT2D eigenvalue weighted by atomic mass is 16.5. The zero-order valence-electron chi connectivity index (χ0n) is 12.5. The molecule has 1 saturated carbocycles. The van der Waals surface area contributed by atoms with Gasteiger partial charge in [-0.25, -0.2) is 0 Å². The summed E-state index contributed by atoms with van der Waals surface area (Å²) < 4.78 is 5.38. The third kappa shape index (κ3) is 2.94. The van der Waals surface area contributed by atoms with Gasteiger partial charge in [0, 0.05) is 6.04 Å². The van der Waals surface area contributed by atoms with Crippen molar-refractivity contribution < 1.29 is 4.74 Å². The van der Waals surface area contributed by atoms with Crippen molar-refractivity contribution in [3.05, 3.63) is 29.8 Å². The molecule has 0 aliphatic heterocycles. The number of nitrogens with one attached hydrogen (secondary N) is 1. The van der Waals surface area contributed by atoms with Crippen molar-refractivity contribution in [3.63, 3.8) is 0 Å². The lowest BCUT2D eigenvalue weighted by molar-refractivity contribution is 0.189. The number of ether oxygens (including phenoxy) is 1. The van der Waals surface area contributed by atoms with Gasteiger partial charge < -0.3 is 10.1 Å². The van der Waals surface area contributed by atoms with E-state index in [1.54, 1.807) is 7.11 Å². The van der Waals surface area contributed by atoms with Crippen LogP contribution in [0.1, 0.15) is 57.6 Å². The fourth-order valence-electron chi connectivity index (χ4n) is 3.64. The zero-order chi connectivity index (χ0) is 13.7. The number of hydrogen-bond donors (Lipinski definition) is 1. The second-order valence-corrected chi connectivity index (χ2v) is 5.69. The van der Waals surface area contributed by atoms with Gasteiger partial charge in [-0.05, 0) is 48.9 Å². The highest BCUT2D eigenvalue weighted by Gasteiger charge is 2.40. The first-order valence-electron chi connectivity index (χ1n) is 7.63. The molecule has 0 heterocycles. The molecule has 0 saturated heterocycles. The molecule has 0 radical (unpaired) electrons. The average molecular weight is 261 g/mol.